The number of amides is 1. The highest BCUT2D eigenvalue weighted by Gasteiger charge is 2.43. The molecule has 2 heterocycles. The average Bonchev–Trinajstić information content (AvgIpc) is 2.81. The molecule has 2 aliphatic rings. The summed E-state index contributed by atoms with van der Waals surface area (Å²) < 4.78 is 27.8. The number of nitrogens with one attached hydrogen (secondary N) is 1. The number of piperidine rings is 1. The molecule has 0 unspecified atom stereocenters. The third-order valence-electron chi connectivity index (χ3n) is 4.43. The summed E-state index contributed by atoms with van der Waals surface area (Å²) in [5, 5.41) is 2.86. The predicted octanol–water partition coefficient (Wildman–Crippen LogP) is 1.58. The molecule has 21 heavy (non-hydrogen) atoms. The first kappa shape index (κ1) is 15.2. The average molecular weight is 420 g/mol. The lowest BCUT2D eigenvalue weighted by Crippen LogP contribution is -2.43. The zero-order valence-electron chi connectivity index (χ0n) is 11.5. The summed E-state index contributed by atoms with van der Waals surface area (Å²) >= 11 is 2.16. The zero-order valence-corrected chi connectivity index (χ0v) is 14.5. The SMILES string of the molecule is O=C1CC2(CCN(S(=O)(=O)c3ccc(I)cc3)CC2)CN1. The Morgan fingerprint density at radius 2 is 1.76 bits per heavy atom. The van der Waals surface area contributed by atoms with E-state index in [1.165, 1.54) is 0 Å². The van der Waals surface area contributed by atoms with Crippen molar-refractivity contribution in [2.45, 2.75) is 24.2 Å². The number of hydrogen-bond donors (Lipinski definition) is 1. The van der Waals surface area contributed by atoms with Crippen molar-refractivity contribution in [1.29, 1.82) is 0 Å². The molecule has 2 saturated heterocycles. The maximum absolute atomic E-state index is 12.6. The number of nitrogens with zero attached hydrogens (tertiary/aromatic N) is 1. The van der Waals surface area contributed by atoms with Crippen LogP contribution in [0.2, 0.25) is 0 Å². The van der Waals surface area contributed by atoms with Crippen LogP contribution in [0.1, 0.15) is 19.3 Å². The largest absolute Gasteiger partial charge is 0.356 e. The van der Waals surface area contributed by atoms with Crippen LogP contribution in [-0.2, 0) is 14.8 Å². The zero-order chi connectivity index (χ0) is 15.1. The number of carbonyl (C=O) groups excluding carboxylic acids is 1. The molecule has 2 fully saturated rings. The second kappa shape index (κ2) is 5.51. The first-order valence-corrected chi connectivity index (χ1v) is 9.46. The van der Waals surface area contributed by atoms with Gasteiger partial charge in [0.1, 0.15) is 0 Å². The summed E-state index contributed by atoms with van der Waals surface area (Å²) in [6.07, 6.45) is 2.02. The molecule has 3 rings (SSSR count). The summed E-state index contributed by atoms with van der Waals surface area (Å²) in [7, 11) is -3.41. The molecule has 1 aromatic carbocycles. The van der Waals surface area contributed by atoms with Gasteiger partial charge in [-0.15, -0.1) is 0 Å². The van der Waals surface area contributed by atoms with Gasteiger partial charge in [-0.05, 0) is 65.1 Å². The third-order valence-corrected chi connectivity index (χ3v) is 7.06. The topological polar surface area (TPSA) is 66.5 Å². The van der Waals surface area contributed by atoms with E-state index in [1.807, 2.05) is 0 Å². The molecule has 1 N–H and O–H groups in total. The fraction of sp³-hybridized carbons (Fsp3) is 0.500. The molecule has 5 nitrogen and oxygen atoms in total. The molecule has 114 valence electrons. The number of benzene rings is 1. The molecule has 0 aromatic heterocycles. The van der Waals surface area contributed by atoms with Crippen LogP contribution in [0.3, 0.4) is 0 Å². The Bertz CT molecular complexity index is 649. The summed E-state index contributed by atoms with van der Waals surface area (Å²) in [6.45, 7) is 1.66. The van der Waals surface area contributed by atoms with Crippen LogP contribution in [0.25, 0.3) is 0 Å². The standard InChI is InChI=1S/C14H17IN2O3S/c15-11-1-3-12(4-2-11)21(19,20)17-7-5-14(6-8-17)9-13(18)16-10-14/h1-4H,5-10H2,(H,16,18). The van der Waals surface area contributed by atoms with Crippen LogP contribution >= 0.6 is 22.6 Å². The maximum Gasteiger partial charge on any atom is 0.243 e. The van der Waals surface area contributed by atoms with Gasteiger partial charge in [0.2, 0.25) is 15.9 Å². The first-order valence-electron chi connectivity index (χ1n) is 6.94. The molecule has 1 spiro atoms. The minimum atomic E-state index is -3.41. The van der Waals surface area contributed by atoms with E-state index in [0.717, 1.165) is 16.4 Å². The quantitative estimate of drug-likeness (QED) is 0.740. The lowest BCUT2D eigenvalue weighted by molar-refractivity contribution is -0.119. The van der Waals surface area contributed by atoms with Gasteiger partial charge >= 0.3 is 0 Å². The highest BCUT2D eigenvalue weighted by molar-refractivity contribution is 14.1. The van der Waals surface area contributed by atoms with Crippen LogP contribution in [0.5, 0.6) is 0 Å². The van der Waals surface area contributed by atoms with Crippen molar-refractivity contribution < 1.29 is 13.2 Å². The van der Waals surface area contributed by atoms with Crippen molar-refractivity contribution in [3.8, 4) is 0 Å². The van der Waals surface area contributed by atoms with E-state index < -0.39 is 10.0 Å². The lowest BCUT2D eigenvalue weighted by atomic mass is 9.78. The van der Waals surface area contributed by atoms with Gasteiger partial charge in [0.05, 0.1) is 4.90 Å². The first-order chi connectivity index (χ1) is 9.91. The van der Waals surface area contributed by atoms with Crippen molar-refractivity contribution >= 4 is 38.5 Å². The van der Waals surface area contributed by atoms with Gasteiger partial charge in [-0.1, -0.05) is 0 Å². The molecule has 0 atom stereocenters. The number of halogens is 1. The smallest absolute Gasteiger partial charge is 0.243 e. The minimum absolute atomic E-state index is 0.0326. The lowest BCUT2D eigenvalue weighted by Gasteiger charge is -2.37. The third kappa shape index (κ3) is 2.95. The Kier molecular flexibility index (Phi) is 4.00. The Balaban J connectivity index is 1.74. The number of rotatable bonds is 2. The Morgan fingerprint density at radius 3 is 2.29 bits per heavy atom. The van der Waals surface area contributed by atoms with Gasteiger partial charge in [0, 0.05) is 29.6 Å². The Labute approximate surface area is 138 Å². The van der Waals surface area contributed by atoms with E-state index in [-0.39, 0.29) is 11.3 Å². The van der Waals surface area contributed by atoms with Crippen LogP contribution < -0.4 is 5.32 Å². The number of sulfonamides is 1. The molecule has 0 saturated carbocycles. The van der Waals surface area contributed by atoms with E-state index in [0.29, 0.717) is 31.0 Å². The van der Waals surface area contributed by atoms with E-state index in [1.54, 1.807) is 28.6 Å². The minimum Gasteiger partial charge on any atom is -0.356 e. The van der Waals surface area contributed by atoms with Crippen LogP contribution in [-0.4, -0.2) is 38.3 Å². The van der Waals surface area contributed by atoms with Gasteiger partial charge in [-0.25, -0.2) is 8.42 Å². The van der Waals surface area contributed by atoms with Gasteiger partial charge in [-0.3, -0.25) is 4.79 Å². The molecule has 0 radical (unpaired) electrons. The molecule has 1 aromatic rings. The Morgan fingerprint density at radius 1 is 1.14 bits per heavy atom. The van der Waals surface area contributed by atoms with Gasteiger partial charge < -0.3 is 5.32 Å². The highest BCUT2D eigenvalue weighted by Crippen LogP contribution is 2.38. The van der Waals surface area contributed by atoms with Crippen molar-refractivity contribution in [2.24, 2.45) is 5.41 Å². The van der Waals surface area contributed by atoms with E-state index in [4.69, 9.17) is 0 Å². The number of hydrogen-bond acceptors (Lipinski definition) is 3. The fourth-order valence-corrected chi connectivity index (χ4v) is 4.86. The van der Waals surface area contributed by atoms with Crippen LogP contribution in [0.4, 0.5) is 0 Å². The van der Waals surface area contributed by atoms with Crippen molar-refractivity contribution in [1.82, 2.24) is 9.62 Å². The van der Waals surface area contributed by atoms with Crippen LogP contribution in [0, 0.1) is 8.99 Å². The second-order valence-corrected chi connectivity index (χ2v) is 9.00. The van der Waals surface area contributed by atoms with Crippen LogP contribution in [0.15, 0.2) is 29.2 Å². The normalized spacial score (nSPS) is 22.4. The molecule has 2 aliphatic heterocycles. The van der Waals surface area contributed by atoms with Crippen molar-refractivity contribution in [2.75, 3.05) is 19.6 Å². The van der Waals surface area contributed by atoms with E-state index in [2.05, 4.69) is 27.9 Å². The summed E-state index contributed by atoms with van der Waals surface area (Å²) in [6, 6.07) is 6.92. The number of carbonyl (C=O) groups is 1. The summed E-state index contributed by atoms with van der Waals surface area (Å²) in [4.78, 5) is 11.8. The molecular weight excluding hydrogens is 403 g/mol. The highest BCUT2D eigenvalue weighted by atomic mass is 127. The summed E-state index contributed by atoms with van der Waals surface area (Å²) in [5.41, 5.74) is -0.0326. The molecule has 0 aliphatic carbocycles. The fourth-order valence-electron chi connectivity index (χ4n) is 3.06. The van der Waals surface area contributed by atoms with Gasteiger partial charge in [0.25, 0.3) is 0 Å². The van der Waals surface area contributed by atoms with Gasteiger partial charge in [0.15, 0.2) is 0 Å². The predicted molar refractivity (Wildman–Crippen MR) is 87.2 cm³/mol. The monoisotopic (exact) mass is 420 g/mol. The van der Waals surface area contributed by atoms with Gasteiger partial charge in [-0.2, -0.15) is 4.31 Å². The van der Waals surface area contributed by atoms with E-state index in [9.17, 15) is 13.2 Å². The molecular formula is C14H17IN2O3S. The summed E-state index contributed by atoms with van der Waals surface area (Å²) in [5.74, 6) is 0.0870. The van der Waals surface area contributed by atoms with Crippen molar-refractivity contribution in [3.63, 3.8) is 0 Å². The molecule has 0 bridgehead atoms. The second-order valence-electron chi connectivity index (χ2n) is 5.81. The van der Waals surface area contributed by atoms with E-state index >= 15 is 0 Å². The Hall–Kier alpha value is -0.670. The molecule has 1 amide bonds. The maximum atomic E-state index is 12.6. The molecule has 7 heteroatoms. The van der Waals surface area contributed by atoms with Crippen molar-refractivity contribution in [3.05, 3.63) is 27.8 Å².